The Morgan fingerprint density at radius 3 is 1.94 bits per heavy atom. The van der Waals surface area contributed by atoms with Gasteiger partial charge in [-0.3, -0.25) is 0 Å². The van der Waals surface area contributed by atoms with Crippen molar-refractivity contribution in [2.24, 2.45) is 0 Å². The average molecular weight is 668 g/mol. The van der Waals surface area contributed by atoms with Crippen LogP contribution in [0.3, 0.4) is 0 Å². The quantitative estimate of drug-likeness (QED) is 0.138. The Morgan fingerprint density at radius 2 is 1.25 bits per heavy atom. The molecule has 51 heavy (non-hydrogen) atoms. The van der Waals surface area contributed by atoms with Crippen molar-refractivity contribution >= 4 is 38.4 Å². The summed E-state index contributed by atoms with van der Waals surface area (Å²) in [5, 5.41) is 11.6. The van der Waals surface area contributed by atoms with Crippen LogP contribution in [0, 0.1) is 24.8 Å². The SMILES string of the molecule is [C-]#[N+]c1ccc(-c2nc3cc(-c4cc(C)cc(C(F)(F)F)c4)c4c(-c5ccccc5)nc5ccccc5c4c3nc2-c2ccc(C#N)cc2)cc1. The predicted octanol–water partition coefficient (Wildman–Crippen LogP) is 11.7. The predicted molar refractivity (Wildman–Crippen MR) is 195 cm³/mol. The molecule has 0 saturated heterocycles. The van der Waals surface area contributed by atoms with E-state index in [4.69, 9.17) is 21.5 Å². The molecule has 0 aliphatic carbocycles. The minimum atomic E-state index is -4.55. The molecule has 0 amide bonds. The van der Waals surface area contributed by atoms with Crippen LogP contribution in [-0.2, 0) is 6.18 Å². The van der Waals surface area contributed by atoms with Crippen LogP contribution >= 0.6 is 0 Å². The van der Waals surface area contributed by atoms with E-state index in [-0.39, 0.29) is 0 Å². The summed E-state index contributed by atoms with van der Waals surface area (Å²) in [6.45, 7) is 9.09. The highest BCUT2D eigenvalue weighted by Gasteiger charge is 2.31. The van der Waals surface area contributed by atoms with Gasteiger partial charge in [-0.1, -0.05) is 91.0 Å². The van der Waals surface area contributed by atoms with E-state index in [0.29, 0.717) is 77.9 Å². The number of fused-ring (bicyclic) bond motifs is 5. The molecule has 0 fully saturated rings. The van der Waals surface area contributed by atoms with Gasteiger partial charge in [0.15, 0.2) is 5.69 Å². The van der Waals surface area contributed by atoms with Crippen LogP contribution in [0.2, 0.25) is 0 Å². The Labute approximate surface area is 290 Å². The number of para-hydroxylation sites is 1. The number of aromatic nitrogens is 3. The van der Waals surface area contributed by atoms with Crippen molar-refractivity contribution in [2.45, 2.75) is 13.1 Å². The lowest BCUT2D eigenvalue weighted by Gasteiger charge is -2.19. The van der Waals surface area contributed by atoms with Gasteiger partial charge in [0, 0.05) is 27.3 Å². The molecule has 0 atom stereocenters. The minimum absolute atomic E-state index is 0.379. The second kappa shape index (κ2) is 12.2. The van der Waals surface area contributed by atoms with Crippen molar-refractivity contribution < 1.29 is 13.2 Å². The van der Waals surface area contributed by atoms with Crippen molar-refractivity contribution in [3.63, 3.8) is 0 Å². The zero-order valence-corrected chi connectivity index (χ0v) is 27.0. The fraction of sp³-hybridized carbons (Fsp3) is 0.0465. The number of nitriles is 1. The van der Waals surface area contributed by atoms with Crippen molar-refractivity contribution in [3.8, 4) is 51.0 Å². The first-order chi connectivity index (χ1) is 24.7. The van der Waals surface area contributed by atoms with Crippen molar-refractivity contribution in [1.29, 1.82) is 5.26 Å². The van der Waals surface area contributed by atoms with Crippen molar-refractivity contribution in [3.05, 3.63) is 156 Å². The Hall–Kier alpha value is -6.90. The first kappa shape index (κ1) is 31.4. The molecule has 2 heterocycles. The number of nitrogens with zero attached hydrogens (tertiary/aromatic N) is 5. The number of aryl methyl sites for hydroxylation is 1. The van der Waals surface area contributed by atoms with Gasteiger partial charge in [-0.05, 0) is 65.6 Å². The van der Waals surface area contributed by atoms with Crippen LogP contribution in [0.5, 0.6) is 0 Å². The van der Waals surface area contributed by atoms with Crippen molar-refractivity contribution in [2.75, 3.05) is 0 Å². The number of alkyl halides is 3. The summed E-state index contributed by atoms with van der Waals surface area (Å²) in [6.07, 6.45) is -4.55. The monoisotopic (exact) mass is 667 g/mol. The zero-order chi connectivity index (χ0) is 35.3. The van der Waals surface area contributed by atoms with Crippen molar-refractivity contribution in [1.82, 2.24) is 15.0 Å². The summed E-state index contributed by atoms with van der Waals surface area (Å²) in [6, 6.07) is 39.4. The van der Waals surface area contributed by atoms with Gasteiger partial charge in [-0.2, -0.15) is 18.4 Å². The molecule has 0 aliphatic rings. The number of pyridine rings is 1. The van der Waals surface area contributed by atoms with E-state index in [1.165, 1.54) is 6.07 Å². The van der Waals surface area contributed by atoms with Crippen LogP contribution in [0.25, 0.3) is 82.5 Å². The first-order valence-electron chi connectivity index (χ1n) is 16.0. The minimum Gasteiger partial charge on any atom is -0.247 e. The molecule has 0 N–H and O–H groups in total. The third kappa shape index (κ3) is 5.59. The molecule has 242 valence electrons. The maximum Gasteiger partial charge on any atom is 0.416 e. The van der Waals surface area contributed by atoms with Gasteiger partial charge in [0.25, 0.3) is 0 Å². The Bertz CT molecular complexity index is 2740. The third-order valence-corrected chi connectivity index (χ3v) is 8.92. The van der Waals surface area contributed by atoms with E-state index < -0.39 is 11.7 Å². The lowest BCUT2D eigenvalue weighted by atomic mass is 9.90. The van der Waals surface area contributed by atoms with Gasteiger partial charge in [-0.25, -0.2) is 19.8 Å². The van der Waals surface area contributed by atoms with Crippen LogP contribution in [0.15, 0.2) is 127 Å². The summed E-state index contributed by atoms with van der Waals surface area (Å²) in [5.41, 5.74) is 7.23. The molecule has 0 saturated carbocycles. The van der Waals surface area contributed by atoms with Crippen LogP contribution in [-0.4, -0.2) is 15.0 Å². The highest BCUT2D eigenvalue weighted by Crippen LogP contribution is 2.45. The lowest BCUT2D eigenvalue weighted by Crippen LogP contribution is -2.05. The molecule has 2 aromatic heterocycles. The fourth-order valence-corrected chi connectivity index (χ4v) is 6.60. The largest absolute Gasteiger partial charge is 0.416 e. The van der Waals surface area contributed by atoms with Gasteiger partial charge in [-0.15, -0.1) is 0 Å². The molecule has 0 aliphatic heterocycles. The van der Waals surface area contributed by atoms with Crippen LogP contribution in [0.4, 0.5) is 18.9 Å². The molecule has 8 aromatic rings. The number of hydrogen-bond acceptors (Lipinski definition) is 4. The molecule has 0 bridgehead atoms. The van der Waals surface area contributed by atoms with Crippen LogP contribution in [0.1, 0.15) is 16.7 Å². The third-order valence-electron chi connectivity index (χ3n) is 8.92. The van der Waals surface area contributed by atoms with Gasteiger partial charge in [0.1, 0.15) is 0 Å². The number of halogens is 3. The van der Waals surface area contributed by atoms with Crippen LogP contribution < -0.4 is 0 Å². The summed E-state index contributed by atoms with van der Waals surface area (Å²) < 4.78 is 42.8. The summed E-state index contributed by atoms with van der Waals surface area (Å²) >= 11 is 0. The molecule has 6 aromatic carbocycles. The molecule has 8 heteroatoms. The number of hydrogen-bond donors (Lipinski definition) is 0. The highest BCUT2D eigenvalue weighted by molar-refractivity contribution is 6.25. The smallest absolute Gasteiger partial charge is 0.247 e. The molecular weight excluding hydrogens is 644 g/mol. The second-order valence-corrected chi connectivity index (χ2v) is 12.2. The van der Waals surface area contributed by atoms with E-state index in [2.05, 4.69) is 10.9 Å². The average Bonchev–Trinajstić information content (AvgIpc) is 3.16. The summed E-state index contributed by atoms with van der Waals surface area (Å²) in [5.74, 6) is 0. The standard InChI is InChI=1S/C43H24F3N5/c1-25-20-30(22-31(21-25)43(44,45)46)34-23-36-42(37-33-10-6-7-11-35(33)49-39(38(34)37)27-8-4-3-5-9-27)51-41(28-14-12-26(24-47)13-15-28)40(50-36)29-16-18-32(48-2)19-17-29/h3-23H,1H3. The van der Waals surface area contributed by atoms with E-state index in [0.717, 1.165) is 22.6 Å². The fourth-order valence-electron chi connectivity index (χ4n) is 6.60. The second-order valence-electron chi connectivity index (χ2n) is 12.2. The molecule has 8 rings (SSSR count). The Balaban J connectivity index is 1.58. The molecule has 0 unspecified atom stereocenters. The van der Waals surface area contributed by atoms with E-state index in [9.17, 15) is 18.4 Å². The first-order valence-corrected chi connectivity index (χ1v) is 16.0. The number of rotatable bonds is 4. The van der Waals surface area contributed by atoms with E-state index >= 15 is 0 Å². The molecule has 0 radical (unpaired) electrons. The van der Waals surface area contributed by atoms with E-state index in [1.807, 2.05) is 72.8 Å². The lowest BCUT2D eigenvalue weighted by molar-refractivity contribution is -0.137. The van der Waals surface area contributed by atoms with Gasteiger partial charge < -0.3 is 0 Å². The maximum absolute atomic E-state index is 14.3. The Morgan fingerprint density at radius 1 is 0.627 bits per heavy atom. The molecule has 5 nitrogen and oxygen atoms in total. The van der Waals surface area contributed by atoms with Gasteiger partial charge >= 0.3 is 6.18 Å². The topological polar surface area (TPSA) is 66.8 Å². The van der Waals surface area contributed by atoms with Gasteiger partial charge in [0.05, 0.1) is 57.4 Å². The highest BCUT2D eigenvalue weighted by atomic mass is 19.4. The zero-order valence-electron chi connectivity index (χ0n) is 27.0. The Kier molecular flexibility index (Phi) is 7.51. The normalized spacial score (nSPS) is 11.5. The van der Waals surface area contributed by atoms with Gasteiger partial charge in [0.2, 0.25) is 0 Å². The summed E-state index contributed by atoms with van der Waals surface area (Å²) in [4.78, 5) is 19.2. The molecular formula is C43H24F3N5. The molecule has 0 spiro atoms. The summed E-state index contributed by atoms with van der Waals surface area (Å²) in [7, 11) is 0. The number of benzene rings is 6. The maximum atomic E-state index is 14.3. The van der Waals surface area contributed by atoms with E-state index in [1.54, 1.807) is 49.4 Å².